The summed E-state index contributed by atoms with van der Waals surface area (Å²) >= 11 is 12.4. The molecule has 3 rings (SSSR count). The number of benzene rings is 1. The van der Waals surface area contributed by atoms with Gasteiger partial charge in [-0.05, 0) is 25.2 Å². The van der Waals surface area contributed by atoms with Crippen molar-refractivity contribution in [1.82, 2.24) is 14.9 Å². The van der Waals surface area contributed by atoms with Crippen molar-refractivity contribution in [2.45, 2.75) is 13.8 Å². The third-order valence-corrected chi connectivity index (χ3v) is 5.06. The summed E-state index contributed by atoms with van der Waals surface area (Å²) in [5.74, 6) is 0.488. The first kappa shape index (κ1) is 19.5. The number of nitrogens with zero attached hydrogens (tertiary/aromatic N) is 3. The SMILES string of the molecule is CCN(CC)CCOc1cc(-c2ccc(Cl)cc2Cl)c2c(C#N)c[nH]c2n1. The van der Waals surface area contributed by atoms with Crippen LogP contribution in [0, 0.1) is 11.3 Å². The van der Waals surface area contributed by atoms with Crippen LogP contribution < -0.4 is 4.74 Å². The molecular formula is C20H20Cl2N4O. The number of aromatic nitrogens is 2. The Kier molecular flexibility index (Phi) is 6.22. The molecule has 5 nitrogen and oxygen atoms in total. The zero-order valence-electron chi connectivity index (χ0n) is 15.2. The van der Waals surface area contributed by atoms with Gasteiger partial charge in [0.2, 0.25) is 5.88 Å². The van der Waals surface area contributed by atoms with E-state index < -0.39 is 0 Å². The highest BCUT2D eigenvalue weighted by Gasteiger charge is 2.16. The van der Waals surface area contributed by atoms with Gasteiger partial charge in [0.05, 0.1) is 5.56 Å². The topological polar surface area (TPSA) is 64.9 Å². The average molecular weight is 403 g/mol. The van der Waals surface area contributed by atoms with Crippen LogP contribution in [0.4, 0.5) is 0 Å². The van der Waals surface area contributed by atoms with Crippen LogP contribution in [0.5, 0.6) is 5.88 Å². The molecular weight excluding hydrogens is 383 g/mol. The maximum Gasteiger partial charge on any atom is 0.215 e. The van der Waals surface area contributed by atoms with Gasteiger partial charge in [0.25, 0.3) is 0 Å². The van der Waals surface area contributed by atoms with Gasteiger partial charge in [-0.1, -0.05) is 43.1 Å². The smallest absolute Gasteiger partial charge is 0.215 e. The molecule has 0 fully saturated rings. The number of likely N-dealkylation sites (N-methyl/N-ethyl adjacent to an activating group) is 1. The molecule has 1 aromatic carbocycles. The number of rotatable bonds is 7. The summed E-state index contributed by atoms with van der Waals surface area (Å²) in [6.45, 7) is 7.53. The van der Waals surface area contributed by atoms with Crippen LogP contribution in [0.2, 0.25) is 10.0 Å². The third-order valence-electron chi connectivity index (χ3n) is 4.51. The van der Waals surface area contributed by atoms with Crippen LogP contribution in [0.25, 0.3) is 22.2 Å². The molecule has 0 atom stereocenters. The molecule has 3 aromatic rings. The fraction of sp³-hybridized carbons (Fsp3) is 0.300. The molecule has 0 saturated carbocycles. The normalized spacial score (nSPS) is 11.1. The molecule has 140 valence electrons. The Hall–Kier alpha value is -2.26. The van der Waals surface area contributed by atoms with Crippen molar-refractivity contribution in [3.05, 3.63) is 46.1 Å². The first-order chi connectivity index (χ1) is 13.1. The first-order valence-corrected chi connectivity index (χ1v) is 9.55. The van der Waals surface area contributed by atoms with Gasteiger partial charge in [0.1, 0.15) is 18.3 Å². The van der Waals surface area contributed by atoms with E-state index in [1.807, 2.05) is 12.1 Å². The molecule has 0 spiro atoms. The van der Waals surface area contributed by atoms with E-state index in [2.05, 4.69) is 34.8 Å². The van der Waals surface area contributed by atoms with E-state index in [1.165, 1.54) is 0 Å². The lowest BCUT2D eigenvalue weighted by atomic mass is 10.0. The summed E-state index contributed by atoms with van der Waals surface area (Å²) in [5.41, 5.74) is 2.66. The number of aromatic amines is 1. The van der Waals surface area contributed by atoms with E-state index in [4.69, 9.17) is 27.9 Å². The number of ether oxygens (including phenoxy) is 1. The summed E-state index contributed by atoms with van der Waals surface area (Å²) in [5, 5.41) is 11.2. The maximum atomic E-state index is 9.45. The van der Waals surface area contributed by atoms with Crippen LogP contribution in [-0.2, 0) is 0 Å². The number of fused-ring (bicyclic) bond motifs is 1. The van der Waals surface area contributed by atoms with E-state index in [0.717, 1.165) is 36.1 Å². The zero-order valence-corrected chi connectivity index (χ0v) is 16.7. The molecule has 0 aliphatic rings. The minimum absolute atomic E-state index is 0.488. The minimum Gasteiger partial charge on any atom is -0.476 e. The average Bonchev–Trinajstić information content (AvgIpc) is 3.08. The number of hydrogen-bond donors (Lipinski definition) is 1. The monoisotopic (exact) mass is 402 g/mol. The lowest BCUT2D eigenvalue weighted by molar-refractivity contribution is 0.218. The van der Waals surface area contributed by atoms with Crippen LogP contribution in [0.3, 0.4) is 0 Å². The molecule has 2 heterocycles. The van der Waals surface area contributed by atoms with Gasteiger partial charge in [0.15, 0.2) is 0 Å². The Morgan fingerprint density at radius 3 is 2.63 bits per heavy atom. The molecule has 0 bridgehead atoms. The minimum atomic E-state index is 0.488. The summed E-state index contributed by atoms with van der Waals surface area (Å²) in [6.07, 6.45) is 1.64. The van der Waals surface area contributed by atoms with Gasteiger partial charge in [0, 0.05) is 45.4 Å². The van der Waals surface area contributed by atoms with Crippen molar-refractivity contribution in [3.63, 3.8) is 0 Å². The van der Waals surface area contributed by atoms with Gasteiger partial charge in [-0.3, -0.25) is 0 Å². The van der Waals surface area contributed by atoms with Gasteiger partial charge in [-0.2, -0.15) is 10.2 Å². The summed E-state index contributed by atoms with van der Waals surface area (Å²) in [6, 6.07) is 9.32. The van der Waals surface area contributed by atoms with Crippen molar-refractivity contribution in [1.29, 1.82) is 5.26 Å². The molecule has 0 radical (unpaired) electrons. The number of H-pyrrole nitrogens is 1. The van der Waals surface area contributed by atoms with Crippen LogP contribution in [0.1, 0.15) is 19.4 Å². The Bertz CT molecular complexity index is 990. The van der Waals surface area contributed by atoms with Crippen molar-refractivity contribution in [2.75, 3.05) is 26.2 Å². The number of nitrogens with one attached hydrogen (secondary N) is 1. The Labute approximate surface area is 168 Å². The maximum absolute atomic E-state index is 9.45. The standard InChI is InChI=1S/C20H20Cl2N4O/c1-3-26(4-2)7-8-27-18-10-16(15-6-5-14(21)9-17(15)22)19-13(11-23)12-24-20(19)25-18/h5-6,9-10,12H,3-4,7-8H2,1-2H3,(H,24,25). The van der Waals surface area contributed by atoms with Gasteiger partial charge in [-0.15, -0.1) is 0 Å². The molecule has 7 heteroatoms. The number of hydrogen-bond acceptors (Lipinski definition) is 4. The lowest BCUT2D eigenvalue weighted by Gasteiger charge is -2.18. The number of halogens is 2. The van der Waals surface area contributed by atoms with Crippen LogP contribution >= 0.6 is 23.2 Å². The second-order valence-electron chi connectivity index (χ2n) is 6.05. The zero-order chi connectivity index (χ0) is 19.4. The highest BCUT2D eigenvalue weighted by molar-refractivity contribution is 6.36. The Balaban J connectivity index is 2.02. The number of nitriles is 1. The predicted molar refractivity (Wildman–Crippen MR) is 110 cm³/mol. The molecule has 27 heavy (non-hydrogen) atoms. The first-order valence-electron chi connectivity index (χ1n) is 8.80. The highest BCUT2D eigenvalue weighted by atomic mass is 35.5. The molecule has 0 saturated heterocycles. The highest BCUT2D eigenvalue weighted by Crippen LogP contribution is 2.37. The fourth-order valence-electron chi connectivity index (χ4n) is 3.01. The van der Waals surface area contributed by atoms with Crippen molar-refractivity contribution < 1.29 is 4.74 Å². The van der Waals surface area contributed by atoms with Gasteiger partial charge in [-0.25, -0.2) is 0 Å². The van der Waals surface area contributed by atoms with Crippen molar-refractivity contribution in [2.24, 2.45) is 0 Å². The van der Waals surface area contributed by atoms with Crippen molar-refractivity contribution in [3.8, 4) is 23.1 Å². The molecule has 0 amide bonds. The van der Waals surface area contributed by atoms with Crippen LogP contribution in [-0.4, -0.2) is 41.1 Å². The molecule has 0 unspecified atom stereocenters. The predicted octanol–water partition coefficient (Wildman–Crippen LogP) is 5.13. The number of pyridine rings is 1. The van der Waals surface area contributed by atoms with Crippen LogP contribution in [0.15, 0.2) is 30.5 Å². The molecule has 2 aromatic heterocycles. The fourth-order valence-corrected chi connectivity index (χ4v) is 3.52. The summed E-state index contributed by atoms with van der Waals surface area (Å²) in [4.78, 5) is 9.83. The van der Waals surface area contributed by atoms with Crippen molar-refractivity contribution >= 4 is 34.2 Å². The van der Waals surface area contributed by atoms with Gasteiger partial charge < -0.3 is 14.6 Å². The van der Waals surface area contributed by atoms with E-state index in [-0.39, 0.29) is 0 Å². The molecule has 1 N–H and O–H groups in total. The molecule has 0 aliphatic carbocycles. The van der Waals surface area contributed by atoms with E-state index >= 15 is 0 Å². The summed E-state index contributed by atoms with van der Waals surface area (Å²) in [7, 11) is 0. The third kappa shape index (κ3) is 4.19. The lowest BCUT2D eigenvalue weighted by Crippen LogP contribution is -2.28. The second kappa shape index (κ2) is 8.62. The Morgan fingerprint density at radius 2 is 1.96 bits per heavy atom. The quantitative estimate of drug-likeness (QED) is 0.594. The second-order valence-corrected chi connectivity index (χ2v) is 6.89. The molecule has 0 aliphatic heterocycles. The van der Waals surface area contributed by atoms with E-state index in [1.54, 1.807) is 18.3 Å². The largest absolute Gasteiger partial charge is 0.476 e. The van der Waals surface area contributed by atoms with E-state index in [0.29, 0.717) is 33.7 Å². The Morgan fingerprint density at radius 1 is 1.19 bits per heavy atom. The van der Waals surface area contributed by atoms with E-state index in [9.17, 15) is 5.26 Å². The van der Waals surface area contributed by atoms with Gasteiger partial charge >= 0.3 is 0 Å². The summed E-state index contributed by atoms with van der Waals surface area (Å²) < 4.78 is 5.89.